The normalized spacial score (nSPS) is 23.4. The monoisotopic (exact) mass is 688 g/mol. The van der Waals surface area contributed by atoms with E-state index in [1.54, 1.807) is 0 Å². The minimum atomic E-state index is -1.15. The van der Waals surface area contributed by atoms with Gasteiger partial charge in [-0.05, 0) is 30.3 Å². The molecule has 3 N–H and O–H groups in total. The number of carbonyl (C=O) groups excluding carboxylic acids is 4. The average molecular weight is 689 g/mol. The number of ether oxygens (including phenoxy) is 1. The Bertz CT molecular complexity index is 1760. The minimum Gasteiger partial charge on any atom is -0.554 e. The van der Waals surface area contributed by atoms with Gasteiger partial charge in [-0.25, -0.2) is 9.37 Å². The van der Waals surface area contributed by atoms with Crippen molar-refractivity contribution in [3.8, 4) is 17.0 Å². The Morgan fingerprint density at radius 3 is 2.38 bits per heavy atom. The molecule has 1 aliphatic carbocycles. The highest BCUT2D eigenvalue weighted by molar-refractivity contribution is 6.34. The van der Waals surface area contributed by atoms with E-state index >= 15 is 0 Å². The van der Waals surface area contributed by atoms with Crippen LogP contribution in [0.1, 0.15) is 27.4 Å². The van der Waals surface area contributed by atoms with Crippen LogP contribution in [-0.2, 0) is 16.6 Å². The van der Waals surface area contributed by atoms with Crippen molar-refractivity contribution in [1.82, 2.24) is 19.8 Å². The summed E-state index contributed by atoms with van der Waals surface area (Å²) in [4.78, 5) is 53.3. The number of benzene rings is 2. The number of nitrogens with one attached hydrogen (secondary N) is 2. The number of rotatable bonds is 7. The number of quaternary nitrogens is 1. The van der Waals surface area contributed by atoms with Gasteiger partial charge < -0.3 is 44.3 Å². The zero-order valence-electron chi connectivity index (χ0n) is 26.6. The number of likely N-dealkylation sites (tertiary alicyclic amines) is 2. The second-order valence-corrected chi connectivity index (χ2v) is 13.1. The molecule has 1 aromatic heterocycles. The number of hydrogen-bond acceptors (Lipinski definition) is 8. The highest BCUT2D eigenvalue weighted by Crippen LogP contribution is 2.46. The minimum absolute atomic E-state index is 0.0538. The molecule has 13 nitrogen and oxygen atoms in total. The number of carboxylic acid groups (broad SMARTS) is 1. The SMILES string of the molecule is COc1ccc(-c2cnc(C(=O)Nc3ccc(C(=O)NC4C5CN(C(=O)[C@@H]6C[C@@H](O)C[N+]6(C)C)CC54)c(Cl)c3)n2C)c(F)c1F.O=C[O-]. The van der Waals surface area contributed by atoms with E-state index in [-0.39, 0.29) is 69.2 Å². The zero-order valence-corrected chi connectivity index (χ0v) is 27.3. The molecule has 2 saturated heterocycles. The van der Waals surface area contributed by atoms with Crippen molar-refractivity contribution < 1.29 is 47.4 Å². The molecular weight excluding hydrogens is 654 g/mol. The Kier molecular flexibility index (Phi) is 9.76. The number of piperidine rings is 1. The molecule has 1 saturated carbocycles. The fraction of sp³-hybridized carbons (Fsp3) is 0.406. The van der Waals surface area contributed by atoms with Crippen molar-refractivity contribution in [2.75, 3.05) is 46.2 Å². The molecule has 3 aliphatic rings. The summed E-state index contributed by atoms with van der Waals surface area (Å²) in [5.41, 5.74) is 0.644. The van der Waals surface area contributed by atoms with E-state index < -0.39 is 30.1 Å². The molecule has 0 spiro atoms. The van der Waals surface area contributed by atoms with Gasteiger partial charge in [0, 0.05) is 62.2 Å². The van der Waals surface area contributed by atoms with Crippen LogP contribution < -0.4 is 20.5 Å². The van der Waals surface area contributed by atoms with Gasteiger partial charge in [0.2, 0.25) is 5.82 Å². The van der Waals surface area contributed by atoms with Gasteiger partial charge in [-0.2, -0.15) is 4.39 Å². The lowest BCUT2D eigenvalue weighted by molar-refractivity contribution is -0.894. The molecule has 3 fully saturated rings. The largest absolute Gasteiger partial charge is 0.554 e. The maximum Gasteiger partial charge on any atom is 0.291 e. The summed E-state index contributed by atoms with van der Waals surface area (Å²) in [5.74, 6) is -3.15. The van der Waals surface area contributed by atoms with Crippen molar-refractivity contribution in [3.63, 3.8) is 0 Å². The molecule has 6 rings (SSSR count). The first-order valence-corrected chi connectivity index (χ1v) is 15.4. The number of anilines is 1. The second kappa shape index (κ2) is 13.5. The van der Waals surface area contributed by atoms with Crippen LogP contribution in [0.25, 0.3) is 11.3 Å². The number of imidazole rings is 1. The molecule has 4 atom stereocenters. The predicted molar refractivity (Wildman–Crippen MR) is 167 cm³/mol. The quantitative estimate of drug-likeness (QED) is 0.245. The van der Waals surface area contributed by atoms with E-state index in [1.165, 1.54) is 55.3 Å². The van der Waals surface area contributed by atoms with Crippen LogP contribution >= 0.6 is 11.6 Å². The molecule has 2 aromatic carbocycles. The number of nitrogens with zero attached hydrogens (tertiary/aromatic N) is 4. The number of carbonyl (C=O) groups is 4. The summed E-state index contributed by atoms with van der Waals surface area (Å²) in [6.07, 6.45) is 1.25. The Morgan fingerprint density at radius 1 is 1.12 bits per heavy atom. The number of aliphatic hydroxyl groups is 1. The van der Waals surface area contributed by atoms with E-state index in [2.05, 4.69) is 15.6 Å². The third-order valence-corrected chi connectivity index (χ3v) is 9.63. The number of aliphatic hydroxyl groups excluding tert-OH is 1. The summed E-state index contributed by atoms with van der Waals surface area (Å²) in [5, 5.41) is 24.1. The molecule has 3 heterocycles. The fourth-order valence-electron chi connectivity index (χ4n) is 6.77. The third-order valence-electron chi connectivity index (χ3n) is 9.31. The van der Waals surface area contributed by atoms with Crippen LogP contribution in [0.4, 0.5) is 14.5 Å². The van der Waals surface area contributed by atoms with Crippen LogP contribution in [-0.4, -0.2) is 107 Å². The van der Waals surface area contributed by atoms with Crippen LogP contribution in [0.3, 0.4) is 0 Å². The van der Waals surface area contributed by atoms with Gasteiger partial charge in [0.1, 0.15) is 12.6 Å². The van der Waals surface area contributed by atoms with E-state index in [0.717, 1.165) is 0 Å². The van der Waals surface area contributed by atoms with Crippen LogP contribution in [0, 0.1) is 23.5 Å². The van der Waals surface area contributed by atoms with Crippen molar-refractivity contribution >= 4 is 41.5 Å². The molecule has 256 valence electrons. The maximum atomic E-state index is 14.6. The number of amides is 3. The standard InChI is InChI=1S/C31H33ClF2N6O5.CH2O2/c1-38-22(18-7-8-24(45-4)26(34)25(18)33)11-35-28(38)30(43)36-15-5-6-17(21(32)9-15)29(42)37-27-19-12-39(13-20(19)27)31(44)23-10-16(41)14-40(23,2)3;2-1-3/h5-9,11,16,19-20,23,27,41H,10,12-14H2,1-4H3,(H-,36,37,42,43);1H,(H,2,3)/t16-,19?,20?,23+,27?;/m1./s1. The highest BCUT2D eigenvalue weighted by Gasteiger charge is 2.59. The summed E-state index contributed by atoms with van der Waals surface area (Å²) in [6, 6.07) is 6.79. The van der Waals surface area contributed by atoms with E-state index in [0.29, 0.717) is 36.2 Å². The Labute approximate surface area is 279 Å². The van der Waals surface area contributed by atoms with Crippen LogP contribution in [0.5, 0.6) is 5.75 Å². The Balaban J connectivity index is 0.00000145. The van der Waals surface area contributed by atoms with Gasteiger partial charge in [0.25, 0.3) is 17.7 Å². The van der Waals surface area contributed by atoms with Gasteiger partial charge >= 0.3 is 0 Å². The lowest BCUT2D eigenvalue weighted by atomic mass is 10.1. The first-order chi connectivity index (χ1) is 22.7. The van der Waals surface area contributed by atoms with Gasteiger partial charge in [-0.15, -0.1) is 0 Å². The number of likely N-dealkylation sites (N-methyl/N-ethyl adjacent to an activating group) is 1. The summed E-state index contributed by atoms with van der Waals surface area (Å²) in [7, 11) is 6.66. The number of hydrogen-bond donors (Lipinski definition) is 3. The number of aromatic nitrogens is 2. The summed E-state index contributed by atoms with van der Waals surface area (Å²) in [6.45, 7) is 1.18. The molecule has 16 heteroatoms. The van der Waals surface area contributed by atoms with Crippen molar-refractivity contribution in [2.45, 2.75) is 24.6 Å². The average Bonchev–Trinajstić information content (AvgIpc) is 3.35. The topological polar surface area (TPSA) is 166 Å². The smallest absolute Gasteiger partial charge is 0.291 e. The second-order valence-electron chi connectivity index (χ2n) is 12.7. The molecule has 3 amide bonds. The fourth-order valence-corrected chi connectivity index (χ4v) is 7.04. The summed E-state index contributed by atoms with van der Waals surface area (Å²) >= 11 is 6.43. The van der Waals surface area contributed by atoms with E-state index in [9.17, 15) is 28.3 Å². The van der Waals surface area contributed by atoms with Crippen LogP contribution in [0.15, 0.2) is 36.5 Å². The summed E-state index contributed by atoms with van der Waals surface area (Å²) < 4.78 is 35.5. The lowest BCUT2D eigenvalue weighted by Gasteiger charge is -2.33. The van der Waals surface area contributed by atoms with Crippen molar-refractivity contribution in [1.29, 1.82) is 0 Å². The predicted octanol–water partition coefficient (Wildman–Crippen LogP) is 1.04. The number of halogens is 3. The highest BCUT2D eigenvalue weighted by atomic mass is 35.5. The molecule has 3 aromatic rings. The maximum absolute atomic E-state index is 14.6. The Hall–Kier alpha value is -4.60. The molecule has 0 radical (unpaired) electrons. The first-order valence-electron chi connectivity index (χ1n) is 15.0. The number of fused-ring (bicyclic) bond motifs is 1. The molecule has 2 unspecified atom stereocenters. The van der Waals surface area contributed by atoms with Gasteiger partial charge in [-0.1, -0.05) is 11.6 Å². The third kappa shape index (κ3) is 6.57. The molecular formula is C32H35ClF2N6O7. The van der Waals surface area contributed by atoms with Crippen molar-refractivity contribution in [3.05, 3.63) is 64.6 Å². The van der Waals surface area contributed by atoms with Gasteiger partial charge in [0.05, 0.1) is 43.7 Å². The lowest BCUT2D eigenvalue weighted by Crippen LogP contribution is -2.53. The van der Waals surface area contributed by atoms with E-state index in [1.807, 2.05) is 19.0 Å². The van der Waals surface area contributed by atoms with Crippen molar-refractivity contribution in [2.24, 2.45) is 18.9 Å². The van der Waals surface area contributed by atoms with Crippen LogP contribution in [0.2, 0.25) is 5.02 Å². The molecule has 0 bridgehead atoms. The molecule has 48 heavy (non-hydrogen) atoms. The van der Waals surface area contributed by atoms with Gasteiger partial charge in [-0.3, -0.25) is 14.4 Å². The zero-order chi connectivity index (χ0) is 35.1. The van der Waals surface area contributed by atoms with Gasteiger partial charge in [0.15, 0.2) is 23.4 Å². The Morgan fingerprint density at radius 2 is 1.79 bits per heavy atom. The number of methoxy groups -OCH3 is 1. The molecule has 2 aliphatic heterocycles. The first kappa shape index (κ1) is 34.7. The van der Waals surface area contributed by atoms with E-state index in [4.69, 9.17) is 26.2 Å².